The number of hydrogen-bond donors (Lipinski definition) is 2. The third kappa shape index (κ3) is 2.88. The average molecular weight is 300 g/mol. The molecule has 0 radical (unpaired) electrons. The van der Waals surface area contributed by atoms with E-state index in [4.69, 9.17) is 5.11 Å². The van der Waals surface area contributed by atoms with Crippen molar-refractivity contribution >= 4 is 16.0 Å². The maximum atomic E-state index is 12.2. The molecule has 0 aliphatic heterocycles. The minimum absolute atomic E-state index is 0.00211. The van der Waals surface area contributed by atoms with Gasteiger partial charge < -0.3 is 9.67 Å². The lowest BCUT2D eigenvalue weighted by Gasteiger charge is -2.06. The lowest BCUT2D eigenvalue weighted by Crippen LogP contribution is -2.28. The first-order valence-electron chi connectivity index (χ1n) is 6.63. The van der Waals surface area contributed by atoms with Crippen LogP contribution < -0.4 is 4.72 Å². The lowest BCUT2D eigenvalue weighted by atomic mass is 10.2. The van der Waals surface area contributed by atoms with Gasteiger partial charge in [-0.1, -0.05) is 20.8 Å². The molecule has 20 heavy (non-hydrogen) atoms. The number of nitrogens with one attached hydrogen (secondary N) is 1. The Morgan fingerprint density at radius 3 is 2.60 bits per heavy atom. The van der Waals surface area contributed by atoms with Gasteiger partial charge >= 0.3 is 5.97 Å². The summed E-state index contributed by atoms with van der Waals surface area (Å²) in [6, 6.07) is 1.14. The first-order valence-corrected chi connectivity index (χ1v) is 8.11. The number of nitrogens with zero attached hydrogens (tertiary/aromatic N) is 1. The summed E-state index contributed by atoms with van der Waals surface area (Å²) in [5.41, 5.74) is -0.0171. The molecule has 1 fully saturated rings. The monoisotopic (exact) mass is 300 g/mol. The van der Waals surface area contributed by atoms with E-state index in [0.717, 1.165) is 12.8 Å². The third-order valence-electron chi connectivity index (χ3n) is 3.68. The second-order valence-corrected chi connectivity index (χ2v) is 7.64. The Balaban J connectivity index is 2.28. The Hall–Kier alpha value is -1.34. The van der Waals surface area contributed by atoms with Crippen LogP contribution >= 0.6 is 0 Å². The predicted molar refractivity (Wildman–Crippen MR) is 74.2 cm³/mol. The smallest absolute Gasteiger partial charge is 0.352 e. The van der Waals surface area contributed by atoms with Gasteiger partial charge in [0, 0.05) is 18.8 Å². The van der Waals surface area contributed by atoms with E-state index in [1.54, 1.807) is 0 Å². The topological polar surface area (TPSA) is 88.4 Å². The highest BCUT2D eigenvalue weighted by Crippen LogP contribution is 2.45. The van der Waals surface area contributed by atoms with E-state index < -0.39 is 16.0 Å². The molecule has 1 unspecified atom stereocenters. The molecule has 0 amide bonds. The number of aromatic nitrogens is 1. The summed E-state index contributed by atoms with van der Waals surface area (Å²) in [7, 11) is -3.66. The van der Waals surface area contributed by atoms with E-state index >= 15 is 0 Å². The van der Waals surface area contributed by atoms with E-state index in [9.17, 15) is 13.2 Å². The van der Waals surface area contributed by atoms with Crippen molar-refractivity contribution in [2.24, 2.45) is 5.41 Å². The molecule has 1 heterocycles. The van der Waals surface area contributed by atoms with Gasteiger partial charge in [-0.3, -0.25) is 0 Å². The van der Waals surface area contributed by atoms with Gasteiger partial charge in [-0.05, 0) is 24.3 Å². The Bertz CT molecular complexity index is 631. The van der Waals surface area contributed by atoms with E-state index in [1.165, 1.54) is 16.8 Å². The van der Waals surface area contributed by atoms with Gasteiger partial charge in [0.15, 0.2) is 0 Å². The van der Waals surface area contributed by atoms with Gasteiger partial charge in [0.2, 0.25) is 10.0 Å². The molecular formula is C13H20N2O4S. The van der Waals surface area contributed by atoms with Gasteiger partial charge in [-0.2, -0.15) is 0 Å². The predicted octanol–water partition coefficient (Wildman–Crippen LogP) is 1.67. The summed E-state index contributed by atoms with van der Waals surface area (Å²) in [4.78, 5) is 11.2. The van der Waals surface area contributed by atoms with Gasteiger partial charge in [0.25, 0.3) is 0 Å². The average Bonchev–Trinajstić information content (AvgIpc) is 2.75. The van der Waals surface area contributed by atoms with Crippen LogP contribution in [0.15, 0.2) is 17.2 Å². The Morgan fingerprint density at radius 1 is 1.55 bits per heavy atom. The number of sulfonamides is 1. The molecular weight excluding hydrogens is 280 g/mol. The largest absolute Gasteiger partial charge is 0.477 e. The van der Waals surface area contributed by atoms with Crippen LogP contribution in [0.5, 0.6) is 0 Å². The standard InChI is InChI=1S/C13H20N2O4S/c1-4-5-15-8-9(6-10(15)12(16)17)20(18,19)14-11-7-13(11,2)3/h6,8,11,14H,4-5,7H2,1-3H3,(H,16,17). The summed E-state index contributed by atoms with van der Waals surface area (Å²) in [6.07, 6.45) is 2.93. The van der Waals surface area contributed by atoms with Crippen LogP contribution in [-0.2, 0) is 16.6 Å². The van der Waals surface area contributed by atoms with E-state index in [-0.39, 0.29) is 22.0 Å². The third-order valence-corrected chi connectivity index (χ3v) is 5.11. The number of aromatic carboxylic acids is 1. The SMILES string of the molecule is CCCn1cc(S(=O)(=O)NC2CC2(C)C)cc1C(=O)O. The molecule has 1 aromatic rings. The quantitative estimate of drug-likeness (QED) is 0.836. The normalized spacial score (nSPS) is 20.9. The molecule has 2 rings (SSSR count). The Labute approximate surface area is 118 Å². The minimum atomic E-state index is -3.66. The highest BCUT2D eigenvalue weighted by Gasteiger charge is 2.48. The second-order valence-electron chi connectivity index (χ2n) is 5.93. The number of aryl methyl sites for hydroxylation is 1. The molecule has 112 valence electrons. The molecule has 1 atom stereocenters. The van der Waals surface area contributed by atoms with E-state index in [2.05, 4.69) is 4.72 Å². The molecule has 1 aromatic heterocycles. The number of rotatable bonds is 6. The maximum Gasteiger partial charge on any atom is 0.352 e. The van der Waals surface area contributed by atoms with Gasteiger partial charge in [0.1, 0.15) is 10.6 Å². The molecule has 1 aliphatic rings. The fourth-order valence-corrected chi connectivity index (χ4v) is 3.61. The van der Waals surface area contributed by atoms with Crippen LogP contribution in [0.2, 0.25) is 0 Å². The highest BCUT2D eigenvalue weighted by molar-refractivity contribution is 7.89. The zero-order chi connectivity index (χ0) is 15.1. The number of carbonyl (C=O) groups is 1. The van der Waals surface area contributed by atoms with Gasteiger partial charge in [-0.25, -0.2) is 17.9 Å². The van der Waals surface area contributed by atoms with Crippen molar-refractivity contribution in [1.29, 1.82) is 0 Å². The van der Waals surface area contributed by atoms with E-state index in [1.807, 2.05) is 20.8 Å². The van der Waals surface area contributed by atoms with Crippen molar-refractivity contribution < 1.29 is 18.3 Å². The Morgan fingerprint density at radius 2 is 2.15 bits per heavy atom. The highest BCUT2D eigenvalue weighted by atomic mass is 32.2. The molecule has 1 saturated carbocycles. The van der Waals surface area contributed by atoms with Crippen molar-refractivity contribution in [2.75, 3.05) is 0 Å². The zero-order valence-electron chi connectivity index (χ0n) is 11.9. The van der Waals surface area contributed by atoms with Gasteiger partial charge in [0.05, 0.1) is 0 Å². The number of carboxylic acids is 1. The van der Waals surface area contributed by atoms with Crippen LogP contribution in [0.3, 0.4) is 0 Å². The molecule has 0 bridgehead atoms. The Kier molecular flexibility index (Phi) is 3.68. The molecule has 6 nitrogen and oxygen atoms in total. The van der Waals surface area contributed by atoms with Crippen LogP contribution in [0, 0.1) is 5.41 Å². The van der Waals surface area contributed by atoms with Gasteiger partial charge in [-0.15, -0.1) is 0 Å². The fourth-order valence-electron chi connectivity index (χ4n) is 2.16. The molecule has 1 aliphatic carbocycles. The maximum absolute atomic E-state index is 12.2. The summed E-state index contributed by atoms with van der Waals surface area (Å²) in [6.45, 7) is 6.37. The van der Waals surface area contributed by atoms with Crippen LogP contribution in [0.4, 0.5) is 0 Å². The summed E-state index contributed by atoms with van der Waals surface area (Å²) >= 11 is 0. The van der Waals surface area contributed by atoms with Crippen LogP contribution in [0.1, 0.15) is 44.1 Å². The first-order chi connectivity index (χ1) is 9.17. The van der Waals surface area contributed by atoms with Crippen molar-refractivity contribution in [3.05, 3.63) is 18.0 Å². The van der Waals surface area contributed by atoms with Crippen LogP contribution in [0.25, 0.3) is 0 Å². The van der Waals surface area contributed by atoms with Crippen molar-refractivity contribution in [3.8, 4) is 0 Å². The van der Waals surface area contributed by atoms with E-state index in [0.29, 0.717) is 6.54 Å². The van der Waals surface area contributed by atoms with Crippen molar-refractivity contribution in [2.45, 2.75) is 51.1 Å². The molecule has 0 saturated heterocycles. The lowest BCUT2D eigenvalue weighted by molar-refractivity contribution is 0.0685. The fraction of sp³-hybridized carbons (Fsp3) is 0.615. The van der Waals surface area contributed by atoms with Crippen LogP contribution in [-0.4, -0.2) is 30.1 Å². The molecule has 0 aromatic carbocycles. The zero-order valence-corrected chi connectivity index (χ0v) is 12.7. The van der Waals surface area contributed by atoms with Crippen molar-refractivity contribution in [3.63, 3.8) is 0 Å². The second kappa shape index (κ2) is 4.89. The molecule has 7 heteroatoms. The summed E-state index contributed by atoms with van der Waals surface area (Å²) < 4.78 is 28.6. The minimum Gasteiger partial charge on any atom is -0.477 e. The number of carboxylic acid groups (broad SMARTS) is 1. The molecule has 0 spiro atoms. The summed E-state index contributed by atoms with van der Waals surface area (Å²) in [5.74, 6) is -1.12. The first kappa shape index (κ1) is 15.1. The van der Waals surface area contributed by atoms with Crippen molar-refractivity contribution in [1.82, 2.24) is 9.29 Å². The number of hydrogen-bond acceptors (Lipinski definition) is 3. The summed E-state index contributed by atoms with van der Waals surface area (Å²) in [5, 5.41) is 9.11. The molecule has 2 N–H and O–H groups in total.